The van der Waals surface area contributed by atoms with Crippen LogP contribution in [0.4, 0.5) is 83.4 Å². The molecular weight excluding hydrogens is 1110 g/mol. The molecule has 3 aliphatic heterocycles. The first kappa shape index (κ1) is 54.1. The molecule has 0 amide bonds. The fourth-order valence-electron chi connectivity index (χ4n) is 8.92. The average Bonchev–Trinajstić information content (AvgIpc) is 4.52. The summed E-state index contributed by atoms with van der Waals surface area (Å²) in [7, 11) is 0. The molecule has 29 heteroatoms. The number of hydrogen-bond donors (Lipinski definition) is 6. The molecule has 10 nitrogen and oxygen atoms in total. The number of nitrogens with zero attached hydrogens (tertiary/aromatic N) is 2. The Morgan fingerprint density at radius 2 is 0.595 bits per heavy atom. The van der Waals surface area contributed by atoms with Gasteiger partial charge in [-0.05, 0) is 48.6 Å². The summed E-state index contributed by atoms with van der Waals surface area (Å²) < 4.78 is 306. The zero-order valence-corrected chi connectivity index (χ0v) is 37.9. The van der Waals surface area contributed by atoms with Crippen molar-refractivity contribution in [2.75, 3.05) is 6.61 Å². The van der Waals surface area contributed by atoms with Gasteiger partial charge in [0.15, 0.2) is 93.5 Å². The van der Waals surface area contributed by atoms with E-state index in [0.29, 0.717) is 48.6 Å². The normalized spacial score (nSPS) is 18.1. The molecule has 3 aliphatic rings. The second-order valence-electron chi connectivity index (χ2n) is 17.1. The summed E-state index contributed by atoms with van der Waals surface area (Å²) in [6.07, 6.45) is -8.40. The summed E-state index contributed by atoms with van der Waals surface area (Å²) in [6, 6.07) is 2.47. The Kier molecular flexibility index (Phi) is 13.4. The van der Waals surface area contributed by atoms with Crippen molar-refractivity contribution < 1.29 is 113 Å². The van der Waals surface area contributed by atoms with E-state index in [2.05, 4.69) is 19.9 Å². The zero-order valence-electron chi connectivity index (χ0n) is 37.9. The molecule has 0 spiro atoms. The Morgan fingerprint density at radius 1 is 0.342 bits per heavy atom. The van der Waals surface area contributed by atoms with E-state index in [0.717, 1.165) is 0 Å². The van der Waals surface area contributed by atoms with Crippen LogP contribution in [0.5, 0.6) is 5.75 Å². The van der Waals surface area contributed by atoms with E-state index in [1.54, 1.807) is 0 Å². The van der Waals surface area contributed by atoms with Crippen LogP contribution in [0.15, 0.2) is 24.3 Å². The summed E-state index contributed by atoms with van der Waals surface area (Å²) in [4.78, 5) is 12.5. The number of fused-ring (bicyclic) bond motifs is 8. The van der Waals surface area contributed by atoms with Gasteiger partial charge in [-0.15, -0.1) is 0 Å². The molecule has 6 heterocycles. The molecule has 1 unspecified atom stereocenters. The molecule has 5 atom stereocenters. The Labute approximate surface area is 424 Å². The van der Waals surface area contributed by atoms with Gasteiger partial charge in [-0.1, -0.05) is 0 Å². The maximum atomic E-state index is 16.8. The van der Waals surface area contributed by atoms with Gasteiger partial charge < -0.3 is 39.9 Å². The van der Waals surface area contributed by atoms with Gasteiger partial charge in [-0.3, -0.25) is 0 Å². The second kappa shape index (κ2) is 19.6. The van der Waals surface area contributed by atoms with E-state index in [1.165, 1.54) is 0 Å². The minimum Gasteiger partial charge on any atom is -0.485 e. The summed E-state index contributed by atoms with van der Waals surface area (Å²) in [5.41, 5.74) is -20.9. The highest BCUT2D eigenvalue weighted by Gasteiger charge is 2.44. The number of hydrogen-bond acceptors (Lipinski definition) is 8. The van der Waals surface area contributed by atoms with Crippen molar-refractivity contribution in [1.29, 1.82) is 0 Å². The van der Waals surface area contributed by atoms with Gasteiger partial charge in [0.1, 0.15) is 31.0 Å². The van der Waals surface area contributed by atoms with Gasteiger partial charge in [-0.25, -0.2) is 84.6 Å². The summed E-state index contributed by atoms with van der Waals surface area (Å²) in [5, 5.41) is 40.0. The first-order valence-electron chi connectivity index (χ1n) is 21.9. The molecule has 6 N–H and O–H groups in total. The minimum absolute atomic E-state index is 0.586. The molecule has 8 bridgehead atoms. The topological polar surface area (TPSA) is 157 Å². The van der Waals surface area contributed by atoms with Crippen LogP contribution in [0, 0.1) is 111 Å². The SMILES string of the molecule is OC1O[C@H](COc2c(F)c(F)c(-c3c4nc(c(-c5c(F)c(F)c(F)c(F)c5F)c5ccc([nH]5)c(-c5c(F)c(F)c(F)c(F)c5F)c5nc(c(-c6c(F)c(F)c(F)c(F)c6F)c6ccc3[nH]6)C=C5)C=C4)c(F)c2F)[C@H](O)[C@H](O)[C@H]1O. The van der Waals surface area contributed by atoms with E-state index < -0.39 is 243 Å². The standard InChI is InChI=1S/C50H21F19N4O6/c51-27-23(28(52)36(60)41(65)35(27)59)19-10-1-3-12(70-10)20(24-29(53)37(61)42(66)38(62)30(24)54)14-5-7-16(72-14)22(26-33(57)44(68)49(45(69)34(26)58)78-9-18-46(74)47(75)48(76)50(77)79-18)17-8-6-15(73-17)21(13-4-2-11(19)71-13)25-31(55)39(63)43(67)40(64)32(25)56/h1-8,18,46-48,50,70,73-77H,9H2/t18-,46+,47+,48-,50?/m1/s1. The number of aromatic nitrogens is 4. The van der Waals surface area contributed by atoms with Gasteiger partial charge in [-0.2, -0.15) is 8.78 Å². The third-order valence-corrected chi connectivity index (χ3v) is 12.7. The van der Waals surface area contributed by atoms with Gasteiger partial charge in [0.2, 0.25) is 29.1 Å². The maximum Gasteiger partial charge on any atom is 0.204 e. The number of aromatic amines is 2. The van der Waals surface area contributed by atoms with Crippen LogP contribution >= 0.6 is 0 Å². The third kappa shape index (κ3) is 8.27. The lowest BCUT2D eigenvalue weighted by atomic mass is 9.99. The molecule has 4 aromatic carbocycles. The Bertz CT molecular complexity index is 3890. The number of halogens is 19. The quantitative estimate of drug-likeness (QED) is 0.0523. The van der Waals surface area contributed by atoms with Crippen LogP contribution < -0.4 is 4.74 Å². The van der Waals surface area contributed by atoms with Gasteiger partial charge in [0.25, 0.3) is 0 Å². The monoisotopic (exact) mass is 1130 g/mol. The molecule has 0 radical (unpaired) electrons. The van der Waals surface area contributed by atoms with Crippen molar-refractivity contribution in [3.05, 3.63) is 158 Å². The first-order valence-corrected chi connectivity index (χ1v) is 21.9. The van der Waals surface area contributed by atoms with Crippen molar-refractivity contribution >= 4 is 46.4 Å². The van der Waals surface area contributed by atoms with Crippen molar-refractivity contribution in [2.45, 2.75) is 30.7 Å². The molecule has 1 saturated heterocycles. The van der Waals surface area contributed by atoms with Gasteiger partial charge in [0, 0.05) is 44.3 Å². The number of aliphatic hydroxyl groups excluding tert-OH is 4. The van der Waals surface area contributed by atoms with Crippen molar-refractivity contribution in [1.82, 2.24) is 19.9 Å². The summed E-state index contributed by atoms with van der Waals surface area (Å²) in [5.74, 6) is -51.7. The highest BCUT2D eigenvalue weighted by Crippen LogP contribution is 2.45. The molecule has 3 aromatic heterocycles. The van der Waals surface area contributed by atoms with Crippen LogP contribution in [0.25, 0.3) is 90.9 Å². The smallest absolute Gasteiger partial charge is 0.204 e. The Balaban J connectivity index is 1.38. The highest BCUT2D eigenvalue weighted by atomic mass is 19.2. The fraction of sp³-hybridized carbons (Fsp3) is 0.120. The average molecular weight is 1130 g/mol. The number of aliphatic hydroxyl groups is 4. The number of rotatable bonds is 7. The predicted molar refractivity (Wildman–Crippen MR) is 234 cm³/mol. The first-order chi connectivity index (χ1) is 37.3. The number of ether oxygens (including phenoxy) is 2. The number of benzene rings is 4. The molecule has 410 valence electrons. The summed E-state index contributed by atoms with van der Waals surface area (Å²) >= 11 is 0. The molecule has 0 saturated carbocycles. The number of nitrogens with one attached hydrogen (secondary N) is 2. The van der Waals surface area contributed by atoms with Crippen LogP contribution in [0.3, 0.4) is 0 Å². The molecule has 7 aromatic rings. The lowest BCUT2D eigenvalue weighted by Crippen LogP contribution is -2.58. The van der Waals surface area contributed by atoms with E-state index in [1.807, 2.05) is 0 Å². The predicted octanol–water partition coefficient (Wildman–Crippen LogP) is 11.1. The van der Waals surface area contributed by atoms with Crippen LogP contribution in [0.1, 0.15) is 22.8 Å². The lowest BCUT2D eigenvalue weighted by Gasteiger charge is -2.38. The number of H-pyrrole nitrogens is 2. The highest BCUT2D eigenvalue weighted by molar-refractivity contribution is 6.00. The van der Waals surface area contributed by atoms with E-state index in [9.17, 15) is 33.6 Å². The van der Waals surface area contributed by atoms with Crippen LogP contribution in [-0.2, 0) is 4.74 Å². The van der Waals surface area contributed by atoms with Crippen molar-refractivity contribution in [2.24, 2.45) is 0 Å². The van der Waals surface area contributed by atoms with Gasteiger partial charge in [0.05, 0.1) is 45.0 Å². The van der Waals surface area contributed by atoms with E-state index in [-0.39, 0.29) is 0 Å². The third-order valence-electron chi connectivity index (χ3n) is 12.7. The Hall–Kier alpha value is -8.25. The van der Waals surface area contributed by atoms with E-state index in [4.69, 9.17) is 9.47 Å². The molecule has 10 rings (SSSR count). The minimum atomic E-state index is -2.74. The van der Waals surface area contributed by atoms with Crippen molar-refractivity contribution in [3.63, 3.8) is 0 Å². The maximum absolute atomic E-state index is 16.8. The fourth-order valence-corrected chi connectivity index (χ4v) is 8.92. The Morgan fingerprint density at radius 3 is 0.873 bits per heavy atom. The second-order valence-corrected chi connectivity index (χ2v) is 17.1. The molecular formula is C50H21F19N4O6. The van der Waals surface area contributed by atoms with Crippen LogP contribution in [0.2, 0.25) is 0 Å². The van der Waals surface area contributed by atoms with Crippen LogP contribution in [-0.4, -0.2) is 77.7 Å². The van der Waals surface area contributed by atoms with E-state index >= 15 is 70.2 Å². The largest absolute Gasteiger partial charge is 0.485 e. The molecule has 1 fully saturated rings. The van der Waals surface area contributed by atoms with Crippen molar-refractivity contribution in [3.8, 4) is 50.3 Å². The summed E-state index contributed by atoms with van der Waals surface area (Å²) in [6.45, 7) is -1.34. The zero-order chi connectivity index (χ0) is 57.3. The molecule has 79 heavy (non-hydrogen) atoms. The lowest BCUT2D eigenvalue weighted by molar-refractivity contribution is -0.285. The van der Waals surface area contributed by atoms with Gasteiger partial charge >= 0.3 is 0 Å². The molecule has 0 aliphatic carbocycles.